The molecule has 1 saturated heterocycles. The van der Waals surface area contributed by atoms with E-state index in [1.165, 1.54) is 11.8 Å². The number of amides is 2. The predicted octanol–water partition coefficient (Wildman–Crippen LogP) is 1.53. The molecule has 156 valence electrons. The van der Waals surface area contributed by atoms with E-state index in [1.54, 1.807) is 0 Å². The highest BCUT2D eigenvalue weighted by Gasteiger charge is 2.29. The Morgan fingerprint density at radius 3 is 2.46 bits per heavy atom. The molecular formula is C20H32N4O4. The van der Waals surface area contributed by atoms with Crippen LogP contribution in [0.2, 0.25) is 0 Å². The van der Waals surface area contributed by atoms with Gasteiger partial charge in [0.25, 0.3) is 0 Å². The van der Waals surface area contributed by atoms with Crippen LogP contribution in [0.4, 0.5) is 0 Å². The number of aliphatic carboxylic acids is 1. The molecule has 1 aliphatic rings. The van der Waals surface area contributed by atoms with E-state index in [-0.39, 0.29) is 30.3 Å². The Morgan fingerprint density at radius 1 is 1.25 bits per heavy atom. The fourth-order valence-corrected chi connectivity index (χ4v) is 4.07. The minimum Gasteiger partial charge on any atom is -0.480 e. The van der Waals surface area contributed by atoms with E-state index in [0.717, 1.165) is 23.4 Å². The number of likely N-dealkylation sites (tertiary alicyclic amines) is 1. The number of aromatic nitrogens is 2. The molecule has 0 spiro atoms. The van der Waals surface area contributed by atoms with Crippen molar-refractivity contribution in [1.82, 2.24) is 19.6 Å². The highest BCUT2D eigenvalue weighted by Crippen LogP contribution is 2.22. The molecule has 2 unspecified atom stereocenters. The van der Waals surface area contributed by atoms with Crippen molar-refractivity contribution < 1.29 is 19.5 Å². The summed E-state index contributed by atoms with van der Waals surface area (Å²) >= 11 is 0. The van der Waals surface area contributed by atoms with E-state index >= 15 is 0 Å². The van der Waals surface area contributed by atoms with Gasteiger partial charge >= 0.3 is 5.97 Å². The number of carbonyl (C=O) groups is 3. The van der Waals surface area contributed by atoms with Crippen LogP contribution in [0.5, 0.6) is 0 Å². The van der Waals surface area contributed by atoms with Crippen LogP contribution in [0.25, 0.3) is 0 Å². The predicted molar refractivity (Wildman–Crippen MR) is 105 cm³/mol. The molecule has 1 N–H and O–H groups in total. The highest BCUT2D eigenvalue weighted by atomic mass is 16.4. The summed E-state index contributed by atoms with van der Waals surface area (Å²) in [4.78, 5) is 39.2. The molecule has 28 heavy (non-hydrogen) atoms. The molecule has 0 aromatic carbocycles. The standard InChI is InChI=1S/C20H32N4O4/c1-13(11-18-14(2)21-22(5)15(18)3)20(28)23-9-6-7-17(8-10-23)24(16(4)25)12-19(26)27/h13,17H,6-12H2,1-5H3,(H,26,27). The maximum Gasteiger partial charge on any atom is 0.323 e. The Hall–Kier alpha value is -2.38. The van der Waals surface area contributed by atoms with Crippen molar-refractivity contribution in [3.63, 3.8) is 0 Å². The molecule has 0 radical (unpaired) electrons. The van der Waals surface area contributed by atoms with E-state index in [4.69, 9.17) is 5.11 Å². The number of hydrogen-bond acceptors (Lipinski definition) is 4. The molecule has 0 bridgehead atoms. The highest BCUT2D eigenvalue weighted by molar-refractivity contribution is 5.80. The Kier molecular flexibility index (Phi) is 7.21. The van der Waals surface area contributed by atoms with Crippen LogP contribution in [-0.4, -0.2) is 68.1 Å². The quantitative estimate of drug-likeness (QED) is 0.792. The van der Waals surface area contributed by atoms with Gasteiger partial charge < -0.3 is 14.9 Å². The van der Waals surface area contributed by atoms with Crippen LogP contribution in [0.3, 0.4) is 0 Å². The molecule has 2 heterocycles. The van der Waals surface area contributed by atoms with Crippen molar-refractivity contribution in [3.8, 4) is 0 Å². The second kappa shape index (κ2) is 9.21. The average molecular weight is 393 g/mol. The molecule has 2 amide bonds. The first-order chi connectivity index (χ1) is 13.1. The van der Waals surface area contributed by atoms with Crippen LogP contribution < -0.4 is 0 Å². The molecule has 8 heteroatoms. The van der Waals surface area contributed by atoms with Crippen molar-refractivity contribution in [3.05, 3.63) is 17.0 Å². The smallest absolute Gasteiger partial charge is 0.323 e. The maximum absolute atomic E-state index is 13.0. The normalized spacial score (nSPS) is 18.5. The van der Waals surface area contributed by atoms with Gasteiger partial charge in [-0.15, -0.1) is 0 Å². The topological polar surface area (TPSA) is 95.7 Å². The molecule has 1 aliphatic heterocycles. The molecule has 0 saturated carbocycles. The summed E-state index contributed by atoms with van der Waals surface area (Å²) in [6, 6.07) is -0.135. The Morgan fingerprint density at radius 2 is 1.93 bits per heavy atom. The van der Waals surface area contributed by atoms with Gasteiger partial charge in [-0.25, -0.2) is 0 Å². The number of nitrogens with zero attached hydrogens (tertiary/aromatic N) is 4. The van der Waals surface area contributed by atoms with E-state index in [9.17, 15) is 14.4 Å². The van der Waals surface area contributed by atoms with Crippen LogP contribution in [0.15, 0.2) is 0 Å². The summed E-state index contributed by atoms with van der Waals surface area (Å²) < 4.78 is 1.84. The zero-order valence-corrected chi connectivity index (χ0v) is 17.6. The molecule has 2 atom stereocenters. The van der Waals surface area contributed by atoms with Gasteiger partial charge in [0.15, 0.2) is 0 Å². The second-order valence-corrected chi connectivity index (χ2v) is 7.83. The van der Waals surface area contributed by atoms with Crippen molar-refractivity contribution in [1.29, 1.82) is 0 Å². The fraction of sp³-hybridized carbons (Fsp3) is 0.700. The maximum atomic E-state index is 13.0. The minimum atomic E-state index is -1.01. The monoisotopic (exact) mass is 392 g/mol. The Labute approximate surface area is 166 Å². The molecular weight excluding hydrogens is 360 g/mol. The van der Waals surface area contributed by atoms with Crippen molar-refractivity contribution in [2.45, 2.75) is 59.4 Å². The minimum absolute atomic E-state index is 0.107. The van der Waals surface area contributed by atoms with Gasteiger partial charge in [0, 0.05) is 44.7 Å². The van der Waals surface area contributed by atoms with Gasteiger partial charge in [0.1, 0.15) is 6.54 Å². The molecule has 2 rings (SSSR count). The number of hydrogen-bond donors (Lipinski definition) is 1. The molecule has 0 aliphatic carbocycles. The zero-order valence-electron chi connectivity index (χ0n) is 17.6. The average Bonchev–Trinajstić information content (AvgIpc) is 2.81. The lowest BCUT2D eigenvalue weighted by Gasteiger charge is -2.29. The van der Waals surface area contributed by atoms with Gasteiger partial charge in [-0.05, 0) is 45.1 Å². The Bertz CT molecular complexity index is 743. The van der Waals surface area contributed by atoms with Crippen molar-refractivity contribution in [2.24, 2.45) is 13.0 Å². The number of aryl methyl sites for hydroxylation is 2. The third-order valence-corrected chi connectivity index (χ3v) is 5.75. The van der Waals surface area contributed by atoms with E-state index in [1.807, 2.05) is 37.4 Å². The van der Waals surface area contributed by atoms with E-state index < -0.39 is 5.97 Å². The fourth-order valence-electron chi connectivity index (χ4n) is 4.07. The van der Waals surface area contributed by atoms with Gasteiger partial charge in [-0.2, -0.15) is 5.10 Å². The third-order valence-electron chi connectivity index (χ3n) is 5.75. The lowest BCUT2D eigenvalue weighted by Crippen LogP contribution is -2.43. The second-order valence-electron chi connectivity index (χ2n) is 7.83. The summed E-state index contributed by atoms with van der Waals surface area (Å²) in [5.74, 6) is -1.29. The largest absolute Gasteiger partial charge is 0.480 e. The van der Waals surface area contributed by atoms with Crippen LogP contribution in [0.1, 0.15) is 50.1 Å². The number of carboxylic acid groups (broad SMARTS) is 1. The lowest BCUT2D eigenvalue weighted by molar-refractivity contribution is -0.145. The van der Waals surface area contributed by atoms with Crippen LogP contribution in [-0.2, 0) is 27.9 Å². The van der Waals surface area contributed by atoms with E-state index in [2.05, 4.69) is 5.10 Å². The van der Waals surface area contributed by atoms with Crippen LogP contribution in [0, 0.1) is 19.8 Å². The van der Waals surface area contributed by atoms with Gasteiger partial charge in [-0.1, -0.05) is 6.92 Å². The van der Waals surface area contributed by atoms with E-state index in [0.29, 0.717) is 32.4 Å². The first kappa shape index (κ1) is 21.9. The van der Waals surface area contributed by atoms with Gasteiger partial charge in [0.05, 0.1) is 5.69 Å². The first-order valence-corrected chi connectivity index (χ1v) is 9.88. The molecule has 1 aromatic rings. The number of carboxylic acids is 1. The van der Waals surface area contributed by atoms with Crippen molar-refractivity contribution >= 4 is 17.8 Å². The van der Waals surface area contributed by atoms with Crippen molar-refractivity contribution in [2.75, 3.05) is 19.6 Å². The first-order valence-electron chi connectivity index (χ1n) is 9.88. The summed E-state index contributed by atoms with van der Waals surface area (Å²) in [5.41, 5.74) is 3.17. The molecule has 1 aromatic heterocycles. The van der Waals surface area contributed by atoms with Gasteiger partial charge in [-0.3, -0.25) is 19.1 Å². The Balaban J connectivity index is 2.01. The SMILES string of the molecule is CC(=O)N(CC(=O)O)C1CCCN(C(=O)C(C)Cc2c(C)nn(C)c2C)CC1. The summed E-state index contributed by atoms with van der Waals surface area (Å²) in [5, 5.41) is 13.5. The lowest BCUT2D eigenvalue weighted by atomic mass is 9.98. The van der Waals surface area contributed by atoms with Gasteiger partial charge in [0.2, 0.25) is 11.8 Å². The summed E-state index contributed by atoms with van der Waals surface area (Å²) in [6.45, 7) is 8.23. The number of rotatable bonds is 6. The molecule has 1 fully saturated rings. The summed E-state index contributed by atoms with van der Waals surface area (Å²) in [7, 11) is 1.91. The zero-order chi connectivity index (χ0) is 21.0. The number of carbonyl (C=O) groups excluding carboxylic acids is 2. The van der Waals surface area contributed by atoms with Crippen LogP contribution >= 0.6 is 0 Å². The summed E-state index contributed by atoms with van der Waals surface area (Å²) in [6.07, 6.45) is 2.74. The third kappa shape index (κ3) is 5.11. The molecule has 8 nitrogen and oxygen atoms in total.